The molecule has 1 atom stereocenters. The van der Waals surface area contributed by atoms with Crippen LogP contribution >= 0.6 is 0 Å². The largest absolute Gasteiger partial charge is 0.307 e. The van der Waals surface area contributed by atoms with Crippen LogP contribution in [-0.4, -0.2) is 6.54 Å². The monoisotopic (exact) mass is 285 g/mol. The first-order chi connectivity index (χ1) is 10.2. The molecule has 1 nitrogen and oxygen atoms in total. The van der Waals surface area contributed by atoms with Gasteiger partial charge in [0.2, 0.25) is 0 Å². The summed E-state index contributed by atoms with van der Waals surface area (Å²) in [6.07, 6.45) is 3.56. The number of halogens is 1. The molecule has 2 aromatic carbocycles. The lowest BCUT2D eigenvalue weighted by atomic mass is 9.96. The Bertz CT molecular complexity index is 548. The summed E-state index contributed by atoms with van der Waals surface area (Å²) >= 11 is 0. The first-order valence-corrected chi connectivity index (χ1v) is 7.82. The summed E-state index contributed by atoms with van der Waals surface area (Å²) in [6.45, 7) is 5.13. The molecule has 1 N–H and O–H groups in total. The maximum Gasteiger partial charge on any atom is 0.123 e. The zero-order valence-electron chi connectivity index (χ0n) is 12.9. The van der Waals surface area contributed by atoms with Gasteiger partial charge in [0.15, 0.2) is 0 Å². The predicted molar refractivity (Wildman–Crippen MR) is 87.0 cm³/mol. The van der Waals surface area contributed by atoms with Gasteiger partial charge in [-0.25, -0.2) is 4.39 Å². The molecule has 0 amide bonds. The topological polar surface area (TPSA) is 12.0 Å². The molecular formula is C19H24FN. The van der Waals surface area contributed by atoms with Crippen LogP contribution in [-0.2, 0) is 6.42 Å². The standard InChI is InChI=1S/C19H24FN/c1-3-5-7-15-10-12-16(13-11-15)19(21-4-2)17-8-6-9-18(20)14-17/h6,8-14,19,21H,3-5,7H2,1-2H3. The molecule has 0 aliphatic heterocycles. The third kappa shape index (κ3) is 4.40. The van der Waals surface area contributed by atoms with Gasteiger partial charge in [0.25, 0.3) is 0 Å². The molecule has 0 aliphatic carbocycles. The van der Waals surface area contributed by atoms with Gasteiger partial charge in [0, 0.05) is 0 Å². The van der Waals surface area contributed by atoms with Crippen LogP contribution in [0.5, 0.6) is 0 Å². The van der Waals surface area contributed by atoms with Gasteiger partial charge in [-0.15, -0.1) is 0 Å². The highest BCUT2D eigenvalue weighted by atomic mass is 19.1. The molecule has 0 bridgehead atoms. The van der Waals surface area contributed by atoms with Gasteiger partial charge in [-0.3, -0.25) is 0 Å². The first kappa shape index (κ1) is 15.7. The van der Waals surface area contributed by atoms with E-state index in [0.29, 0.717) is 0 Å². The molecule has 1 unspecified atom stereocenters. The highest BCUT2D eigenvalue weighted by Gasteiger charge is 2.13. The Morgan fingerprint density at radius 1 is 1.00 bits per heavy atom. The van der Waals surface area contributed by atoms with Crippen molar-refractivity contribution in [2.24, 2.45) is 0 Å². The molecule has 21 heavy (non-hydrogen) atoms. The molecule has 0 saturated carbocycles. The van der Waals surface area contributed by atoms with Crippen LogP contribution in [0, 0.1) is 5.82 Å². The molecular weight excluding hydrogens is 261 g/mol. The van der Waals surface area contributed by atoms with Gasteiger partial charge < -0.3 is 5.32 Å². The SMILES string of the molecule is CCCCc1ccc(C(NCC)c2cccc(F)c2)cc1. The Morgan fingerprint density at radius 2 is 1.76 bits per heavy atom. The lowest BCUT2D eigenvalue weighted by molar-refractivity contribution is 0.603. The Balaban J connectivity index is 2.21. The summed E-state index contributed by atoms with van der Waals surface area (Å²) in [6, 6.07) is 15.6. The summed E-state index contributed by atoms with van der Waals surface area (Å²) in [5.74, 6) is -0.185. The summed E-state index contributed by atoms with van der Waals surface area (Å²) < 4.78 is 13.5. The van der Waals surface area contributed by atoms with Crippen LogP contribution in [0.4, 0.5) is 4.39 Å². The van der Waals surface area contributed by atoms with E-state index in [-0.39, 0.29) is 11.9 Å². The summed E-state index contributed by atoms with van der Waals surface area (Å²) in [7, 11) is 0. The molecule has 0 fully saturated rings. The number of hydrogen-bond acceptors (Lipinski definition) is 1. The average Bonchev–Trinajstić information content (AvgIpc) is 2.51. The van der Waals surface area contributed by atoms with Crippen molar-refractivity contribution in [3.8, 4) is 0 Å². The fourth-order valence-corrected chi connectivity index (χ4v) is 2.58. The van der Waals surface area contributed by atoms with Gasteiger partial charge in [0.05, 0.1) is 6.04 Å². The average molecular weight is 285 g/mol. The number of nitrogens with one attached hydrogen (secondary N) is 1. The van der Waals surface area contributed by atoms with E-state index < -0.39 is 0 Å². The minimum atomic E-state index is -0.185. The molecule has 2 rings (SSSR count). The Morgan fingerprint density at radius 3 is 2.38 bits per heavy atom. The van der Waals surface area contributed by atoms with Crippen LogP contribution < -0.4 is 5.32 Å². The van der Waals surface area contributed by atoms with Crippen LogP contribution in [0.3, 0.4) is 0 Å². The fourth-order valence-electron chi connectivity index (χ4n) is 2.58. The maximum atomic E-state index is 13.5. The van der Waals surface area contributed by atoms with Crippen molar-refractivity contribution in [1.29, 1.82) is 0 Å². The second kappa shape index (κ2) is 7.94. The smallest absolute Gasteiger partial charge is 0.123 e. The molecule has 0 radical (unpaired) electrons. The van der Waals surface area contributed by atoms with Crippen molar-refractivity contribution in [3.05, 3.63) is 71.0 Å². The van der Waals surface area contributed by atoms with Crippen LogP contribution in [0.15, 0.2) is 48.5 Å². The van der Waals surface area contributed by atoms with E-state index in [9.17, 15) is 4.39 Å². The number of hydrogen-bond donors (Lipinski definition) is 1. The third-order valence-electron chi connectivity index (χ3n) is 3.72. The zero-order chi connectivity index (χ0) is 15.1. The second-order valence-electron chi connectivity index (χ2n) is 5.39. The van der Waals surface area contributed by atoms with Crippen molar-refractivity contribution in [2.75, 3.05) is 6.54 Å². The van der Waals surface area contributed by atoms with Crippen LogP contribution in [0.25, 0.3) is 0 Å². The number of aryl methyl sites for hydroxylation is 1. The molecule has 2 aromatic rings. The normalized spacial score (nSPS) is 12.3. The van der Waals surface area contributed by atoms with Crippen LogP contribution in [0.1, 0.15) is 49.4 Å². The Hall–Kier alpha value is -1.67. The van der Waals surface area contributed by atoms with Crippen molar-refractivity contribution in [2.45, 2.75) is 39.2 Å². The van der Waals surface area contributed by atoms with Crippen molar-refractivity contribution < 1.29 is 4.39 Å². The van der Waals surface area contributed by atoms with Crippen molar-refractivity contribution in [1.82, 2.24) is 5.32 Å². The molecule has 0 aromatic heterocycles. The molecule has 0 aliphatic rings. The molecule has 0 heterocycles. The Labute approximate surface area is 127 Å². The lowest BCUT2D eigenvalue weighted by Gasteiger charge is -2.19. The van der Waals surface area contributed by atoms with E-state index in [4.69, 9.17) is 0 Å². The lowest BCUT2D eigenvalue weighted by Crippen LogP contribution is -2.22. The van der Waals surface area contributed by atoms with E-state index in [1.54, 1.807) is 12.1 Å². The summed E-state index contributed by atoms with van der Waals surface area (Å²) in [5, 5.41) is 3.44. The van der Waals surface area contributed by atoms with Gasteiger partial charge >= 0.3 is 0 Å². The van der Waals surface area contributed by atoms with E-state index >= 15 is 0 Å². The van der Waals surface area contributed by atoms with Gasteiger partial charge in [0.1, 0.15) is 5.82 Å². The fraction of sp³-hybridized carbons (Fsp3) is 0.368. The number of rotatable bonds is 7. The molecule has 0 saturated heterocycles. The van der Waals surface area contributed by atoms with E-state index in [2.05, 4.69) is 43.4 Å². The maximum absolute atomic E-state index is 13.5. The van der Waals surface area contributed by atoms with E-state index in [1.165, 1.54) is 30.0 Å². The first-order valence-electron chi connectivity index (χ1n) is 7.82. The minimum absolute atomic E-state index is 0.0472. The summed E-state index contributed by atoms with van der Waals surface area (Å²) in [4.78, 5) is 0. The van der Waals surface area contributed by atoms with Crippen LogP contribution in [0.2, 0.25) is 0 Å². The highest BCUT2D eigenvalue weighted by Crippen LogP contribution is 2.23. The number of benzene rings is 2. The molecule has 112 valence electrons. The van der Waals surface area contributed by atoms with Gasteiger partial charge in [-0.1, -0.05) is 56.7 Å². The summed E-state index contributed by atoms with van der Waals surface area (Å²) in [5.41, 5.74) is 3.52. The second-order valence-corrected chi connectivity index (χ2v) is 5.39. The van der Waals surface area contributed by atoms with E-state index in [0.717, 1.165) is 18.5 Å². The van der Waals surface area contributed by atoms with Crippen molar-refractivity contribution >= 4 is 0 Å². The van der Waals surface area contributed by atoms with Gasteiger partial charge in [-0.05, 0) is 48.2 Å². The molecule has 2 heteroatoms. The van der Waals surface area contributed by atoms with E-state index in [1.807, 2.05) is 6.07 Å². The Kier molecular flexibility index (Phi) is 5.94. The molecule has 0 spiro atoms. The number of unbranched alkanes of at least 4 members (excludes halogenated alkanes) is 1. The highest BCUT2D eigenvalue weighted by molar-refractivity contribution is 5.34. The van der Waals surface area contributed by atoms with Crippen molar-refractivity contribution in [3.63, 3.8) is 0 Å². The minimum Gasteiger partial charge on any atom is -0.307 e. The zero-order valence-corrected chi connectivity index (χ0v) is 12.9. The predicted octanol–water partition coefficient (Wildman–Crippen LogP) is 4.87. The third-order valence-corrected chi connectivity index (χ3v) is 3.72. The van der Waals surface area contributed by atoms with Gasteiger partial charge in [-0.2, -0.15) is 0 Å². The quantitative estimate of drug-likeness (QED) is 0.765.